The highest BCUT2D eigenvalue weighted by atomic mass is 14.9. The highest BCUT2D eigenvalue weighted by molar-refractivity contribution is 5.18. The number of piperidine rings is 1. The second kappa shape index (κ2) is 4.37. The fraction of sp³-hybridized carbons (Fsp3) is 0.667. The van der Waals surface area contributed by atoms with Crippen molar-refractivity contribution in [2.45, 2.75) is 25.3 Å². The van der Waals surface area contributed by atoms with Crippen LogP contribution in [0.1, 0.15) is 24.8 Å². The molecule has 1 aromatic rings. The first kappa shape index (κ1) is 10.7. The van der Waals surface area contributed by atoms with Gasteiger partial charge in [-0.25, -0.2) is 0 Å². The van der Waals surface area contributed by atoms with Gasteiger partial charge in [0.2, 0.25) is 0 Å². The van der Waals surface area contributed by atoms with E-state index in [1.54, 1.807) is 0 Å². The van der Waals surface area contributed by atoms with Gasteiger partial charge in [-0.15, -0.1) is 0 Å². The van der Waals surface area contributed by atoms with E-state index in [2.05, 4.69) is 42.3 Å². The smallest absolute Gasteiger partial charge is 0.0106 e. The number of aryl methyl sites for hydroxylation is 1. The summed E-state index contributed by atoms with van der Waals surface area (Å²) in [6.07, 6.45) is 5.55. The Labute approximate surface area is 91.7 Å². The quantitative estimate of drug-likeness (QED) is 0.761. The Kier molecular flexibility index (Phi) is 3.12. The number of nitrogens with two attached hydrogens (primary N) is 1. The number of rotatable bonds is 2. The molecule has 1 aliphatic heterocycles. The molecule has 15 heavy (non-hydrogen) atoms. The molecule has 1 saturated heterocycles. The first-order valence-electron chi connectivity index (χ1n) is 5.76. The van der Waals surface area contributed by atoms with Gasteiger partial charge in [0.25, 0.3) is 0 Å². The summed E-state index contributed by atoms with van der Waals surface area (Å²) in [5, 5.41) is 3.50. The van der Waals surface area contributed by atoms with Crippen LogP contribution in [-0.2, 0) is 7.05 Å². The minimum absolute atomic E-state index is 0.587. The molecule has 1 aromatic heterocycles. The SMILES string of the molecule is CC1CC(c2ccn(C)c2)C(CN)CN1. The van der Waals surface area contributed by atoms with Crippen LogP contribution in [0.4, 0.5) is 0 Å². The topological polar surface area (TPSA) is 43.0 Å². The van der Waals surface area contributed by atoms with Gasteiger partial charge in [0.15, 0.2) is 0 Å². The van der Waals surface area contributed by atoms with Crippen molar-refractivity contribution in [3.05, 3.63) is 24.0 Å². The van der Waals surface area contributed by atoms with E-state index in [0.717, 1.165) is 13.1 Å². The Morgan fingerprint density at radius 1 is 1.60 bits per heavy atom. The summed E-state index contributed by atoms with van der Waals surface area (Å²) < 4.78 is 2.12. The molecule has 3 atom stereocenters. The molecule has 3 unspecified atom stereocenters. The van der Waals surface area contributed by atoms with E-state index in [1.165, 1.54) is 12.0 Å². The van der Waals surface area contributed by atoms with Crippen LogP contribution in [0, 0.1) is 5.92 Å². The average molecular weight is 207 g/mol. The van der Waals surface area contributed by atoms with Gasteiger partial charge >= 0.3 is 0 Å². The van der Waals surface area contributed by atoms with Gasteiger partial charge in [-0.1, -0.05) is 0 Å². The van der Waals surface area contributed by atoms with Crippen LogP contribution in [0.3, 0.4) is 0 Å². The maximum atomic E-state index is 5.84. The van der Waals surface area contributed by atoms with Gasteiger partial charge in [0.1, 0.15) is 0 Å². The molecule has 2 heterocycles. The highest BCUT2D eigenvalue weighted by Gasteiger charge is 2.28. The van der Waals surface area contributed by atoms with E-state index < -0.39 is 0 Å². The Hall–Kier alpha value is -0.800. The lowest BCUT2D eigenvalue weighted by atomic mass is 9.80. The number of hydrogen-bond acceptors (Lipinski definition) is 2. The van der Waals surface area contributed by atoms with E-state index in [0.29, 0.717) is 17.9 Å². The van der Waals surface area contributed by atoms with Crippen molar-refractivity contribution in [2.75, 3.05) is 13.1 Å². The minimum atomic E-state index is 0.587. The fourth-order valence-electron chi connectivity index (χ4n) is 2.55. The van der Waals surface area contributed by atoms with Crippen LogP contribution in [0.5, 0.6) is 0 Å². The van der Waals surface area contributed by atoms with E-state index in [1.807, 2.05) is 0 Å². The first-order valence-corrected chi connectivity index (χ1v) is 5.76. The molecule has 2 rings (SSSR count). The number of nitrogens with one attached hydrogen (secondary N) is 1. The van der Waals surface area contributed by atoms with Crippen LogP contribution in [0.2, 0.25) is 0 Å². The zero-order valence-corrected chi connectivity index (χ0v) is 9.61. The van der Waals surface area contributed by atoms with Gasteiger partial charge in [-0.3, -0.25) is 0 Å². The first-order chi connectivity index (χ1) is 7.20. The summed E-state index contributed by atoms with van der Waals surface area (Å²) in [6, 6.07) is 2.84. The van der Waals surface area contributed by atoms with Crippen LogP contribution in [-0.4, -0.2) is 23.7 Å². The van der Waals surface area contributed by atoms with Gasteiger partial charge in [0.05, 0.1) is 0 Å². The molecular formula is C12H21N3. The zero-order chi connectivity index (χ0) is 10.8. The number of nitrogens with zero attached hydrogens (tertiary/aromatic N) is 1. The molecule has 84 valence electrons. The molecule has 0 bridgehead atoms. The lowest BCUT2D eigenvalue weighted by Gasteiger charge is -2.34. The fourth-order valence-corrected chi connectivity index (χ4v) is 2.55. The molecule has 0 spiro atoms. The summed E-state index contributed by atoms with van der Waals surface area (Å²) in [4.78, 5) is 0. The maximum Gasteiger partial charge on any atom is 0.0106 e. The third kappa shape index (κ3) is 2.24. The molecule has 0 aromatic carbocycles. The third-order valence-electron chi connectivity index (χ3n) is 3.49. The van der Waals surface area contributed by atoms with Gasteiger partial charge < -0.3 is 15.6 Å². The average Bonchev–Trinajstić information content (AvgIpc) is 2.65. The summed E-state index contributed by atoms with van der Waals surface area (Å²) in [6.45, 7) is 4.08. The number of hydrogen-bond donors (Lipinski definition) is 2. The van der Waals surface area contributed by atoms with E-state index in [4.69, 9.17) is 5.73 Å². The second-order valence-electron chi connectivity index (χ2n) is 4.76. The Balaban J connectivity index is 2.16. The van der Waals surface area contributed by atoms with Crippen molar-refractivity contribution in [1.29, 1.82) is 0 Å². The largest absolute Gasteiger partial charge is 0.357 e. The monoisotopic (exact) mass is 207 g/mol. The van der Waals surface area contributed by atoms with Crippen molar-refractivity contribution in [2.24, 2.45) is 18.7 Å². The Morgan fingerprint density at radius 2 is 2.40 bits per heavy atom. The van der Waals surface area contributed by atoms with E-state index in [9.17, 15) is 0 Å². The van der Waals surface area contributed by atoms with Gasteiger partial charge in [0, 0.05) is 25.5 Å². The van der Waals surface area contributed by atoms with Crippen molar-refractivity contribution in [3.63, 3.8) is 0 Å². The predicted molar refractivity (Wildman–Crippen MR) is 62.8 cm³/mol. The second-order valence-corrected chi connectivity index (χ2v) is 4.76. The van der Waals surface area contributed by atoms with Crippen molar-refractivity contribution < 1.29 is 0 Å². The highest BCUT2D eigenvalue weighted by Crippen LogP contribution is 2.31. The van der Waals surface area contributed by atoms with Crippen LogP contribution in [0.15, 0.2) is 18.5 Å². The van der Waals surface area contributed by atoms with E-state index >= 15 is 0 Å². The van der Waals surface area contributed by atoms with Crippen molar-refractivity contribution >= 4 is 0 Å². The summed E-state index contributed by atoms with van der Waals surface area (Å²) in [7, 11) is 2.07. The van der Waals surface area contributed by atoms with E-state index in [-0.39, 0.29) is 0 Å². The lowest BCUT2D eigenvalue weighted by Crippen LogP contribution is -2.44. The molecule has 3 nitrogen and oxygen atoms in total. The predicted octanol–water partition coefficient (Wildman–Crippen LogP) is 1.07. The molecule has 0 saturated carbocycles. The Morgan fingerprint density at radius 3 is 3.00 bits per heavy atom. The van der Waals surface area contributed by atoms with Crippen molar-refractivity contribution in [3.8, 4) is 0 Å². The molecule has 0 aliphatic carbocycles. The summed E-state index contributed by atoms with van der Waals surface area (Å²) in [5.74, 6) is 1.22. The third-order valence-corrected chi connectivity index (χ3v) is 3.49. The molecule has 3 heteroatoms. The molecule has 1 aliphatic rings. The molecular weight excluding hydrogens is 186 g/mol. The Bertz CT molecular complexity index is 318. The molecule has 3 N–H and O–H groups in total. The van der Waals surface area contributed by atoms with Crippen LogP contribution < -0.4 is 11.1 Å². The molecule has 0 radical (unpaired) electrons. The van der Waals surface area contributed by atoms with Crippen molar-refractivity contribution in [1.82, 2.24) is 9.88 Å². The van der Waals surface area contributed by atoms with Gasteiger partial charge in [-0.2, -0.15) is 0 Å². The zero-order valence-electron chi connectivity index (χ0n) is 9.61. The lowest BCUT2D eigenvalue weighted by molar-refractivity contribution is 0.285. The minimum Gasteiger partial charge on any atom is -0.357 e. The van der Waals surface area contributed by atoms with Crippen LogP contribution in [0.25, 0.3) is 0 Å². The summed E-state index contributed by atoms with van der Waals surface area (Å²) in [5.41, 5.74) is 7.28. The van der Waals surface area contributed by atoms with Gasteiger partial charge in [-0.05, 0) is 49.9 Å². The molecule has 1 fully saturated rings. The number of aromatic nitrogens is 1. The maximum absolute atomic E-state index is 5.84. The standard InChI is InChI=1S/C12H21N3/c1-9-5-12(11(6-13)7-14-9)10-3-4-15(2)8-10/h3-4,8-9,11-12,14H,5-7,13H2,1-2H3. The summed E-state index contributed by atoms with van der Waals surface area (Å²) >= 11 is 0. The van der Waals surface area contributed by atoms with Crippen LogP contribution >= 0.6 is 0 Å². The normalized spacial score (nSPS) is 31.8. The molecule has 0 amide bonds.